The van der Waals surface area contributed by atoms with Crippen LogP contribution in [0, 0.1) is 0 Å². The van der Waals surface area contributed by atoms with Crippen LogP contribution < -0.4 is 0 Å². The molecule has 0 fully saturated rings. The highest BCUT2D eigenvalue weighted by Gasteiger charge is 2.32. The summed E-state index contributed by atoms with van der Waals surface area (Å²) in [5.41, 5.74) is 0.593. The molecular weight excluding hydrogens is 417 g/mol. The highest BCUT2D eigenvalue weighted by molar-refractivity contribution is 6.77. The molecule has 0 saturated carbocycles. The van der Waals surface area contributed by atoms with Crippen molar-refractivity contribution in [3.05, 3.63) is 48.0 Å². The fourth-order valence-corrected chi connectivity index (χ4v) is 1.86. The third-order valence-electron chi connectivity index (χ3n) is 2.20. The molecule has 22 heavy (non-hydrogen) atoms. The van der Waals surface area contributed by atoms with Crippen molar-refractivity contribution >= 4 is 81.2 Å². The summed E-state index contributed by atoms with van der Waals surface area (Å²) in [6.45, 7) is 0. The standard InChI is InChI=1S/2C6H4Cl3NO/c2*7-6(8,9)5(11)4-2-1-3-10-4/h2*1-3,10H. The smallest absolute Gasteiger partial charge is 0.254 e. The lowest BCUT2D eigenvalue weighted by atomic mass is 10.3. The van der Waals surface area contributed by atoms with Crippen molar-refractivity contribution in [2.75, 3.05) is 0 Å². The Balaban J connectivity index is 0.000000220. The van der Waals surface area contributed by atoms with Crippen molar-refractivity contribution in [2.45, 2.75) is 7.59 Å². The molecule has 2 rings (SSSR count). The quantitative estimate of drug-likeness (QED) is 0.518. The number of aromatic amines is 2. The van der Waals surface area contributed by atoms with Gasteiger partial charge in [-0.2, -0.15) is 0 Å². The molecule has 0 aliphatic heterocycles. The molecule has 2 aromatic rings. The molecule has 2 aromatic heterocycles. The molecule has 0 atom stereocenters. The van der Waals surface area contributed by atoms with Crippen LogP contribution in [0.2, 0.25) is 0 Å². The lowest BCUT2D eigenvalue weighted by Gasteiger charge is -2.06. The first kappa shape index (κ1) is 19.7. The summed E-state index contributed by atoms with van der Waals surface area (Å²) >= 11 is 32.0. The van der Waals surface area contributed by atoms with Crippen LogP contribution in [-0.4, -0.2) is 29.1 Å². The zero-order chi connectivity index (χ0) is 17.0. The van der Waals surface area contributed by atoms with Crippen molar-refractivity contribution in [2.24, 2.45) is 0 Å². The first-order valence-corrected chi connectivity index (χ1v) is 7.80. The largest absolute Gasteiger partial charge is 0.359 e. The van der Waals surface area contributed by atoms with E-state index in [4.69, 9.17) is 69.6 Å². The third kappa shape index (κ3) is 6.03. The number of carbonyl (C=O) groups excluding carboxylic acids is 2. The van der Waals surface area contributed by atoms with Crippen molar-refractivity contribution in [1.29, 1.82) is 0 Å². The Kier molecular flexibility index (Phi) is 7.12. The molecular formula is C12H8Cl6N2O2. The molecule has 0 amide bonds. The fraction of sp³-hybridized carbons (Fsp3) is 0.167. The van der Waals surface area contributed by atoms with Crippen molar-refractivity contribution < 1.29 is 9.59 Å². The van der Waals surface area contributed by atoms with Crippen LogP contribution in [0.4, 0.5) is 0 Å². The first-order chi connectivity index (χ1) is 10.0. The minimum Gasteiger partial charge on any atom is -0.359 e. The van der Waals surface area contributed by atoms with Crippen LogP contribution in [-0.2, 0) is 0 Å². The lowest BCUT2D eigenvalue weighted by molar-refractivity contribution is 0.0984. The van der Waals surface area contributed by atoms with Gasteiger partial charge in [0.2, 0.25) is 11.6 Å². The number of H-pyrrole nitrogens is 2. The second kappa shape index (κ2) is 7.95. The summed E-state index contributed by atoms with van der Waals surface area (Å²) in [4.78, 5) is 27.5. The zero-order valence-electron chi connectivity index (χ0n) is 10.5. The number of Topliss-reactive ketones (excluding diaryl/α,β-unsaturated/α-hetero) is 2. The van der Waals surface area contributed by atoms with Gasteiger partial charge in [-0.25, -0.2) is 0 Å². The summed E-state index contributed by atoms with van der Waals surface area (Å²) in [7, 11) is 0. The van der Waals surface area contributed by atoms with Crippen LogP contribution in [0.25, 0.3) is 0 Å². The van der Waals surface area contributed by atoms with Crippen LogP contribution in [0.1, 0.15) is 21.0 Å². The van der Waals surface area contributed by atoms with Gasteiger partial charge in [-0.05, 0) is 24.3 Å². The fourth-order valence-electron chi connectivity index (χ4n) is 1.25. The number of aromatic nitrogens is 2. The molecule has 2 N–H and O–H groups in total. The van der Waals surface area contributed by atoms with Gasteiger partial charge in [0.25, 0.3) is 7.59 Å². The van der Waals surface area contributed by atoms with Crippen molar-refractivity contribution in [3.63, 3.8) is 0 Å². The van der Waals surface area contributed by atoms with Gasteiger partial charge in [0.05, 0.1) is 11.4 Å². The van der Waals surface area contributed by atoms with Crippen molar-refractivity contribution in [3.8, 4) is 0 Å². The van der Waals surface area contributed by atoms with E-state index in [0.717, 1.165) is 0 Å². The van der Waals surface area contributed by atoms with E-state index in [1.807, 2.05) is 0 Å². The monoisotopic (exact) mass is 422 g/mol. The number of rotatable bonds is 2. The third-order valence-corrected chi connectivity index (χ3v) is 3.23. The normalized spacial score (nSPS) is 11.5. The van der Waals surface area contributed by atoms with Gasteiger partial charge in [0, 0.05) is 12.4 Å². The molecule has 0 saturated heterocycles. The number of alkyl halides is 6. The maximum absolute atomic E-state index is 11.1. The van der Waals surface area contributed by atoms with E-state index in [1.165, 1.54) is 0 Å². The topological polar surface area (TPSA) is 65.7 Å². The van der Waals surface area contributed by atoms with Crippen molar-refractivity contribution in [1.82, 2.24) is 9.97 Å². The molecule has 0 aromatic carbocycles. The van der Waals surface area contributed by atoms with Gasteiger partial charge in [-0.3, -0.25) is 9.59 Å². The van der Waals surface area contributed by atoms with Crippen LogP contribution >= 0.6 is 69.6 Å². The summed E-state index contributed by atoms with van der Waals surface area (Å²) in [5.74, 6) is -1.10. The van der Waals surface area contributed by atoms with E-state index in [2.05, 4.69) is 9.97 Å². The predicted octanol–water partition coefficient (Wildman–Crippen LogP) is 5.14. The van der Waals surface area contributed by atoms with Gasteiger partial charge >= 0.3 is 0 Å². The summed E-state index contributed by atoms with van der Waals surface area (Å²) < 4.78 is -3.74. The van der Waals surface area contributed by atoms with E-state index >= 15 is 0 Å². The Morgan fingerprint density at radius 2 is 1.05 bits per heavy atom. The van der Waals surface area contributed by atoms with E-state index in [-0.39, 0.29) is 0 Å². The summed E-state index contributed by atoms with van der Waals surface area (Å²) in [5, 5.41) is 0. The van der Waals surface area contributed by atoms with Gasteiger partial charge in [0.15, 0.2) is 0 Å². The highest BCUT2D eigenvalue weighted by atomic mass is 35.6. The van der Waals surface area contributed by atoms with Gasteiger partial charge in [0.1, 0.15) is 0 Å². The molecule has 4 nitrogen and oxygen atoms in total. The number of nitrogens with one attached hydrogen (secondary N) is 2. The lowest BCUT2D eigenvalue weighted by Crippen LogP contribution is -2.18. The maximum Gasteiger partial charge on any atom is 0.254 e. The Morgan fingerprint density at radius 3 is 1.23 bits per heavy atom. The number of ketones is 2. The number of carbonyl (C=O) groups is 2. The van der Waals surface area contributed by atoms with E-state index in [1.54, 1.807) is 36.7 Å². The molecule has 120 valence electrons. The Labute approximate surface area is 156 Å². The van der Waals surface area contributed by atoms with Gasteiger partial charge in [-0.15, -0.1) is 0 Å². The summed E-state index contributed by atoms with van der Waals surface area (Å²) in [6.07, 6.45) is 3.17. The Hall–Kier alpha value is -0.360. The molecule has 0 aliphatic rings. The van der Waals surface area contributed by atoms with E-state index in [0.29, 0.717) is 11.4 Å². The van der Waals surface area contributed by atoms with E-state index in [9.17, 15) is 9.59 Å². The highest BCUT2D eigenvalue weighted by Crippen LogP contribution is 2.30. The zero-order valence-corrected chi connectivity index (χ0v) is 15.1. The van der Waals surface area contributed by atoms with Crippen LogP contribution in [0.15, 0.2) is 36.7 Å². The molecule has 10 heteroatoms. The molecule has 2 heterocycles. The molecule has 0 unspecified atom stereocenters. The molecule has 0 spiro atoms. The second-order valence-corrected chi connectivity index (χ2v) is 8.38. The number of hydrogen-bond acceptors (Lipinski definition) is 2. The van der Waals surface area contributed by atoms with Gasteiger partial charge in [-0.1, -0.05) is 69.6 Å². The Bertz CT molecular complexity index is 555. The average Bonchev–Trinajstić information content (AvgIpc) is 3.08. The summed E-state index contributed by atoms with van der Waals surface area (Å²) in [6, 6.07) is 6.40. The average molecular weight is 425 g/mol. The minimum absolute atomic E-state index is 0.296. The maximum atomic E-state index is 11.1. The number of hydrogen-bond donors (Lipinski definition) is 2. The van der Waals surface area contributed by atoms with Gasteiger partial charge < -0.3 is 9.97 Å². The predicted molar refractivity (Wildman–Crippen MR) is 90.8 cm³/mol. The Morgan fingerprint density at radius 1 is 0.727 bits per heavy atom. The first-order valence-electron chi connectivity index (χ1n) is 5.53. The SMILES string of the molecule is O=C(c1ccc[nH]1)C(Cl)(Cl)Cl.O=C(c1ccc[nH]1)C(Cl)(Cl)Cl. The molecule has 0 aliphatic carbocycles. The second-order valence-electron chi connectivity index (χ2n) is 3.82. The number of halogens is 6. The minimum atomic E-state index is -1.87. The van der Waals surface area contributed by atoms with Crippen LogP contribution in [0.5, 0.6) is 0 Å². The van der Waals surface area contributed by atoms with Crippen LogP contribution in [0.3, 0.4) is 0 Å². The molecule has 0 bridgehead atoms. The van der Waals surface area contributed by atoms with E-state index < -0.39 is 19.2 Å². The molecule has 0 radical (unpaired) electrons.